The molecule has 1 aromatic rings. The van der Waals surface area contributed by atoms with Gasteiger partial charge in [-0.25, -0.2) is 4.79 Å². The Morgan fingerprint density at radius 1 is 1.38 bits per heavy atom. The summed E-state index contributed by atoms with van der Waals surface area (Å²) in [6, 6.07) is 4.81. The number of hydrogen-bond donors (Lipinski definition) is 0. The van der Waals surface area contributed by atoms with Gasteiger partial charge < -0.3 is 9.47 Å². The summed E-state index contributed by atoms with van der Waals surface area (Å²) in [5.74, 6) is -0.0550. The highest BCUT2D eigenvalue weighted by Gasteiger charge is 2.12. The van der Waals surface area contributed by atoms with Crippen molar-refractivity contribution in [2.75, 3.05) is 7.11 Å². The molecule has 0 aliphatic carbocycles. The molecule has 0 N–H and O–H groups in total. The van der Waals surface area contributed by atoms with Gasteiger partial charge >= 0.3 is 5.97 Å². The zero-order valence-electron chi connectivity index (χ0n) is 9.10. The van der Waals surface area contributed by atoms with Crippen LogP contribution in [0.5, 0.6) is 11.5 Å². The Morgan fingerprint density at radius 3 is 2.69 bits per heavy atom. The Balaban J connectivity index is 3.08. The summed E-state index contributed by atoms with van der Waals surface area (Å²) >= 11 is 0. The lowest BCUT2D eigenvalue weighted by Gasteiger charge is -2.09. The third kappa shape index (κ3) is 2.70. The van der Waals surface area contributed by atoms with Crippen LogP contribution in [-0.2, 0) is 4.79 Å². The van der Waals surface area contributed by atoms with Crippen LogP contribution >= 0.6 is 0 Å². The van der Waals surface area contributed by atoms with Gasteiger partial charge in [-0.1, -0.05) is 12.1 Å². The SMILES string of the molecule is C/C=C/C(=O)Oc1c(C=O)cccc1OC. The second-order valence-electron chi connectivity index (χ2n) is 2.92. The van der Waals surface area contributed by atoms with Gasteiger partial charge in [0, 0.05) is 6.08 Å². The molecular formula is C12H12O4. The average Bonchev–Trinajstić information content (AvgIpc) is 2.29. The number of esters is 1. The van der Waals surface area contributed by atoms with Crippen LogP contribution in [0.3, 0.4) is 0 Å². The first-order chi connectivity index (χ1) is 7.72. The largest absolute Gasteiger partial charge is 0.493 e. The number of allylic oxidation sites excluding steroid dienone is 1. The summed E-state index contributed by atoms with van der Waals surface area (Å²) in [6.07, 6.45) is 3.43. The standard InChI is InChI=1S/C12H12O4/c1-3-5-11(14)16-12-9(8-13)6-4-7-10(12)15-2/h3-8H,1-2H3/b5-3+. The van der Waals surface area contributed by atoms with Crippen LogP contribution in [-0.4, -0.2) is 19.4 Å². The molecule has 1 rings (SSSR count). The summed E-state index contributed by atoms with van der Waals surface area (Å²) in [7, 11) is 1.44. The minimum absolute atomic E-state index is 0.142. The van der Waals surface area contributed by atoms with Crippen molar-refractivity contribution < 1.29 is 19.1 Å². The fraction of sp³-hybridized carbons (Fsp3) is 0.167. The van der Waals surface area contributed by atoms with Crippen LogP contribution in [0.25, 0.3) is 0 Å². The highest BCUT2D eigenvalue weighted by atomic mass is 16.6. The van der Waals surface area contributed by atoms with E-state index in [4.69, 9.17) is 9.47 Å². The minimum atomic E-state index is -0.546. The lowest BCUT2D eigenvalue weighted by Crippen LogP contribution is -2.07. The van der Waals surface area contributed by atoms with E-state index in [0.717, 1.165) is 0 Å². The zero-order chi connectivity index (χ0) is 12.0. The van der Waals surface area contributed by atoms with Gasteiger partial charge in [-0.15, -0.1) is 0 Å². The minimum Gasteiger partial charge on any atom is -0.493 e. The summed E-state index contributed by atoms with van der Waals surface area (Å²) in [6.45, 7) is 1.70. The number of ether oxygens (including phenoxy) is 2. The number of aldehydes is 1. The molecule has 0 bridgehead atoms. The van der Waals surface area contributed by atoms with Crippen LogP contribution in [0.15, 0.2) is 30.4 Å². The van der Waals surface area contributed by atoms with E-state index in [2.05, 4.69) is 0 Å². The van der Waals surface area contributed by atoms with E-state index in [0.29, 0.717) is 12.0 Å². The molecule has 0 saturated carbocycles. The number of para-hydroxylation sites is 1. The molecule has 16 heavy (non-hydrogen) atoms. The Bertz CT molecular complexity index is 421. The maximum Gasteiger partial charge on any atom is 0.335 e. The fourth-order valence-electron chi connectivity index (χ4n) is 1.17. The monoisotopic (exact) mass is 220 g/mol. The molecule has 0 atom stereocenters. The van der Waals surface area contributed by atoms with Crippen molar-refractivity contribution in [2.24, 2.45) is 0 Å². The molecule has 0 aromatic heterocycles. The van der Waals surface area contributed by atoms with Crippen molar-refractivity contribution in [2.45, 2.75) is 6.92 Å². The lowest BCUT2D eigenvalue weighted by atomic mass is 10.2. The summed E-state index contributed by atoms with van der Waals surface area (Å²) in [5, 5.41) is 0. The van der Waals surface area contributed by atoms with Gasteiger partial charge in [0.05, 0.1) is 12.7 Å². The Morgan fingerprint density at radius 2 is 2.12 bits per heavy atom. The smallest absolute Gasteiger partial charge is 0.335 e. The zero-order valence-corrected chi connectivity index (χ0v) is 9.10. The van der Waals surface area contributed by atoms with Crippen LogP contribution in [0.2, 0.25) is 0 Å². The summed E-state index contributed by atoms with van der Waals surface area (Å²) < 4.78 is 10.0. The van der Waals surface area contributed by atoms with E-state index < -0.39 is 5.97 Å². The summed E-state index contributed by atoms with van der Waals surface area (Å²) in [4.78, 5) is 22.0. The molecule has 1 aromatic carbocycles. The second kappa shape index (κ2) is 5.70. The van der Waals surface area contributed by atoms with Crippen LogP contribution < -0.4 is 9.47 Å². The number of benzene rings is 1. The predicted octanol–water partition coefficient (Wildman–Crippen LogP) is 1.99. The molecule has 0 amide bonds. The van der Waals surface area contributed by atoms with Gasteiger partial charge in [-0.3, -0.25) is 4.79 Å². The van der Waals surface area contributed by atoms with Gasteiger partial charge in [-0.2, -0.15) is 0 Å². The molecule has 0 radical (unpaired) electrons. The molecule has 0 fully saturated rings. The average molecular weight is 220 g/mol. The maximum atomic E-state index is 11.3. The molecule has 4 heteroatoms. The number of methoxy groups -OCH3 is 1. The van der Waals surface area contributed by atoms with E-state index in [1.807, 2.05) is 0 Å². The molecule has 0 aliphatic rings. The molecule has 0 saturated heterocycles. The number of hydrogen-bond acceptors (Lipinski definition) is 4. The first-order valence-corrected chi connectivity index (χ1v) is 4.69. The van der Waals surface area contributed by atoms with Gasteiger partial charge in [0.2, 0.25) is 0 Å². The molecule has 4 nitrogen and oxygen atoms in total. The molecule has 0 aliphatic heterocycles. The number of rotatable bonds is 4. The first kappa shape index (κ1) is 12.0. The Hall–Kier alpha value is -2.10. The predicted molar refractivity (Wildman–Crippen MR) is 58.8 cm³/mol. The van der Waals surface area contributed by atoms with Crippen molar-refractivity contribution in [3.05, 3.63) is 35.9 Å². The Kier molecular flexibility index (Phi) is 4.27. The van der Waals surface area contributed by atoms with Crippen LogP contribution in [0.1, 0.15) is 17.3 Å². The van der Waals surface area contributed by atoms with Crippen molar-refractivity contribution in [3.63, 3.8) is 0 Å². The van der Waals surface area contributed by atoms with E-state index >= 15 is 0 Å². The third-order valence-corrected chi connectivity index (χ3v) is 1.86. The number of carbonyl (C=O) groups excluding carboxylic acids is 2. The fourth-order valence-corrected chi connectivity index (χ4v) is 1.17. The molecule has 0 heterocycles. The van der Waals surface area contributed by atoms with Gasteiger partial charge in [0.25, 0.3) is 0 Å². The number of carbonyl (C=O) groups is 2. The lowest BCUT2D eigenvalue weighted by molar-refractivity contribution is -0.129. The van der Waals surface area contributed by atoms with Crippen molar-refractivity contribution in [1.29, 1.82) is 0 Å². The van der Waals surface area contributed by atoms with E-state index in [1.54, 1.807) is 31.2 Å². The second-order valence-corrected chi connectivity index (χ2v) is 2.92. The van der Waals surface area contributed by atoms with Gasteiger partial charge in [-0.05, 0) is 19.1 Å². The van der Waals surface area contributed by atoms with E-state index in [-0.39, 0.29) is 11.3 Å². The first-order valence-electron chi connectivity index (χ1n) is 4.69. The molecule has 0 spiro atoms. The third-order valence-electron chi connectivity index (χ3n) is 1.86. The topological polar surface area (TPSA) is 52.6 Å². The van der Waals surface area contributed by atoms with Crippen LogP contribution in [0.4, 0.5) is 0 Å². The highest BCUT2D eigenvalue weighted by Crippen LogP contribution is 2.30. The van der Waals surface area contributed by atoms with Crippen molar-refractivity contribution in [1.82, 2.24) is 0 Å². The van der Waals surface area contributed by atoms with Crippen molar-refractivity contribution >= 4 is 12.3 Å². The van der Waals surface area contributed by atoms with Crippen LogP contribution in [0, 0.1) is 0 Å². The van der Waals surface area contributed by atoms with Crippen molar-refractivity contribution in [3.8, 4) is 11.5 Å². The molecule has 84 valence electrons. The Labute approximate surface area is 93.5 Å². The quantitative estimate of drug-likeness (QED) is 0.337. The molecular weight excluding hydrogens is 208 g/mol. The van der Waals surface area contributed by atoms with E-state index in [9.17, 15) is 9.59 Å². The van der Waals surface area contributed by atoms with E-state index in [1.165, 1.54) is 13.2 Å². The molecule has 0 unspecified atom stereocenters. The maximum absolute atomic E-state index is 11.3. The normalized spacial score (nSPS) is 10.1. The van der Waals surface area contributed by atoms with Gasteiger partial charge in [0.1, 0.15) is 0 Å². The summed E-state index contributed by atoms with van der Waals surface area (Å²) in [5.41, 5.74) is 0.275. The van der Waals surface area contributed by atoms with Gasteiger partial charge in [0.15, 0.2) is 17.8 Å². The highest BCUT2D eigenvalue weighted by molar-refractivity contribution is 5.88.